The van der Waals surface area contributed by atoms with Crippen LogP contribution in [0.2, 0.25) is 0 Å². The summed E-state index contributed by atoms with van der Waals surface area (Å²) in [5.41, 5.74) is 5.52. The SMILES string of the molecule is COc1cc(C(C)C)sc1CCN. The second kappa shape index (κ2) is 4.63. The minimum Gasteiger partial charge on any atom is -0.496 e. The molecule has 3 heteroatoms. The van der Waals surface area contributed by atoms with E-state index in [9.17, 15) is 0 Å². The monoisotopic (exact) mass is 199 g/mol. The molecule has 0 saturated carbocycles. The van der Waals surface area contributed by atoms with Crippen molar-refractivity contribution in [3.63, 3.8) is 0 Å². The zero-order valence-corrected chi connectivity index (χ0v) is 9.28. The molecule has 1 heterocycles. The van der Waals surface area contributed by atoms with Crippen LogP contribution in [0.5, 0.6) is 5.75 Å². The van der Waals surface area contributed by atoms with Gasteiger partial charge in [-0.15, -0.1) is 11.3 Å². The molecule has 0 atom stereocenters. The molecule has 0 aliphatic carbocycles. The molecule has 0 aliphatic heterocycles. The van der Waals surface area contributed by atoms with Crippen LogP contribution in [0, 0.1) is 0 Å². The average Bonchev–Trinajstić information content (AvgIpc) is 2.48. The largest absolute Gasteiger partial charge is 0.496 e. The Bertz CT molecular complexity index is 268. The van der Waals surface area contributed by atoms with Gasteiger partial charge in [0.1, 0.15) is 5.75 Å². The van der Waals surface area contributed by atoms with E-state index in [0.29, 0.717) is 12.5 Å². The van der Waals surface area contributed by atoms with Gasteiger partial charge in [0.25, 0.3) is 0 Å². The van der Waals surface area contributed by atoms with Crippen LogP contribution < -0.4 is 10.5 Å². The zero-order chi connectivity index (χ0) is 9.84. The van der Waals surface area contributed by atoms with E-state index in [-0.39, 0.29) is 0 Å². The first-order valence-corrected chi connectivity index (χ1v) is 5.37. The maximum atomic E-state index is 5.52. The van der Waals surface area contributed by atoms with Crippen LogP contribution in [-0.2, 0) is 6.42 Å². The first-order valence-electron chi connectivity index (χ1n) is 4.55. The molecule has 0 aliphatic rings. The van der Waals surface area contributed by atoms with Crippen molar-refractivity contribution >= 4 is 11.3 Å². The fourth-order valence-electron chi connectivity index (χ4n) is 1.19. The first kappa shape index (κ1) is 10.5. The Morgan fingerprint density at radius 1 is 1.54 bits per heavy atom. The van der Waals surface area contributed by atoms with Crippen LogP contribution in [0.15, 0.2) is 6.07 Å². The van der Waals surface area contributed by atoms with Crippen molar-refractivity contribution < 1.29 is 4.74 Å². The quantitative estimate of drug-likeness (QED) is 0.808. The Morgan fingerprint density at radius 2 is 2.23 bits per heavy atom. The van der Waals surface area contributed by atoms with Crippen LogP contribution in [0.25, 0.3) is 0 Å². The van der Waals surface area contributed by atoms with Gasteiger partial charge in [-0.2, -0.15) is 0 Å². The van der Waals surface area contributed by atoms with Crippen LogP contribution in [0.3, 0.4) is 0 Å². The molecule has 0 bridgehead atoms. The fourth-order valence-corrected chi connectivity index (χ4v) is 2.34. The summed E-state index contributed by atoms with van der Waals surface area (Å²) in [5.74, 6) is 1.57. The van der Waals surface area contributed by atoms with Crippen LogP contribution >= 0.6 is 11.3 Å². The van der Waals surface area contributed by atoms with Crippen molar-refractivity contribution in [2.24, 2.45) is 5.73 Å². The van der Waals surface area contributed by atoms with Gasteiger partial charge in [-0.1, -0.05) is 13.8 Å². The molecule has 0 radical (unpaired) electrons. The Kier molecular flexibility index (Phi) is 3.75. The highest BCUT2D eigenvalue weighted by molar-refractivity contribution is 7.12. The third kappa shape index (κ3) is 2.45. The Labute approximate surface area is 83.7 Å². The minimum atomic E-state index is 0.574. The highest BCUT2D eigenvalue weighted by atomic mass is 32.1. The Balaban J connectivity index is 2.90. The molecule has 1 rings (SSSR count). The van der Waals surface area contributed by atoms with Gasteiger partial charge >= 0.3 is 0 Å². The third-order valence-electron chi connectivity index (χ3n) is 1.95. The predicted molar refractivity (Wildman–Crippen MR) is 57.7 cm³/mol. The second-order valence-corrected chi connectivity index (χ2v) is 4.50. The molecule has 0 saturated heterocycles. The lowest BCUT2D eigenvalue weighted by Crippen LogP contribution is -2.01. The van der Waals surface area contributed by atoms with E-state index >= 15 is 0 Å². The van der Waals surface area contributed by atoms with Gasteiger partial charge in [0, 0.05) is 9.75 Å². The highest BCUT2D eigenvalue weighted by Crippen LogP contribution is 2.33. The molecule has 0 amide bonds. The van der Waals surface area contributed by atoms with Crippen LogP contribution in [0.1, 0.15) is 29.5 Å². The van der Waals surface area contributed by atoms with E-state index in [0.717, 1.165) is 12.2 Å². The zero-order valence-electron chi connectivity index (χ0n) is 8.46. The summed E-state index contributed by atoms with van der Waals surface area (Å²) in [5, 5.41) is 0. The maximum Gasteiger partial charge on any atom is 0.133 e. The lowest BCUT2D eigenvalue weighted by atomic mass is 10.2. The van der Waals surface area contributed by atoms with Gasteiger partial charge in [-0.3, -0.25) is 0 Å². The summed E-state index contributed by atoms with van der Waals surface area (Å²) < 4.78 is 5.28. The van der Waals surface area contributed by atoms with Crippen molar-refractivity contribution in [3.8, 4) is 5.75 Å². The number of thiophene rings is 1. The summed E-state index contributed by atoms with van der Waals surface area (Å²) in [6.07, 6.45) is 0.917. The highest BCUT2D eigenvalue weighted by Gasteiger charge is 2.10. The molecule has 1 aromatic heterocycles. The number of ether oxygens (including phenoxy) is 1. The van der Waals surface area contributed by atoms with Gasteiger partial charge in [0.05, 0.1) is 7.11 Å². The van der Waals surface area contributed by atoms with Crippen molar-refractivity contribution in [1.29, 1.82) is 0 Å². The smallest absolute Gasteiger partial charge is 0.133 e. The van der Waals surface area contributed by atoms with Crippen LogP contribution in [0.4, 0.5) is 0 Å². The van der Waals surface area contributed by atoms with Crippen molar-refractivity contribution in [2.75, 3.05) is 13.7 Å². The summed E-state index contributed by atoms with van der Waals surface area (Å²) in [6, 6.07) is 2.13. The molecular formula is C10H17NOS. The normalized spacial score (nSPS) is 10.8. The Hall–Kier alpha value is -0.540. The third-order valence-corrected chi connectivity index (χ3v) is 3.43. The molecule has 2 nitrogen and oxygen atoms in total. The van der Waals surface area contributed by atoms with Crippen molar-refractivity contribution in [3.05, 3.63) is 15.8 Å². The molecule has 0 spiro atoms. The minimum absolute atomic E-state index is 0.574. The standard InChI is InChI=1S/C10H17NOS/c1-7(2)10-6-8(12-3)9(13-10)4-5-11/h6-7H,4-5,11H2,1-3H3. The van der Waals surface area contributed by atoms with Gasteiger partial charge < -0.3 is 10.5 Å². The van der Waals surface area contributed by atoms with E-state index in [4.69, 9.17) is 10.5 Å². The van der Waals surface area contributed by atoms with Gasteiger partial charge in [-0.25, -0.2) is 0 Å². The van der Waals surface area contributed by atoms with E-state index in [1.165, 1.54) is 9.75 Å². The molecule has 2 N–H and O–H groups in total. The van der Waals surface area contributed by atoms with E-state index in [2.05, 4.69) is 19.9 Å². The van der Waals surface area contributed by atoms with Crippen LogP contribution in [-0.4, -0.2) is 13.7 Å². The molecule has 13 heavy (non-hydrogen) atoms. The van der Waals surface area contributed by atoms with E-state index in [1.54, 1.807) is 7.11 Å². The number of hydrogen-bond donors (Lipinski definition) is 1. The van der Waals surface area contributed by atoms with E-state index < -0.39 is 0 Å². The molecule has 0 unspecified atom stereocenters. The molecular weight excluding hydrogens is 182 g/mol. The summed E-state index contributed by atoms with van der Waals surface area (Å²) >= 11 is 1.81. The second-order valence-electron chi connectivity index (χ2n) is 3.33. The number of rotatable bonds is 4. The lowest BCUT2D eigenvalue weighted by Gasteiger charge is -1.98. The number of nitrogens with two attached hydrogens (primary N) is 1. The average molecular weight is 199 g/mol. The van der Waals surface area contributed by atoms with Gasteiger partial charge in [0.15, 0.2) is 0 Å². The first-order chi connectivity index (χ1) is 6.19. The summed E-state index contributed by atoms with van der Waals surface area (Å²) in [6.45, 7) is 5.07. The van der Waals surface area contributed by atoms with Gasteiger partial charge in [0.2, 0.25) is 0 Å². The summed E-state index contributed by atoms with van der Waals surface area (Å²) in [4.78, 5) is 2.65. The van der Waals surface area contributed by atoms with E-state index in [1.807, 2.05) is 11.3 Å². The molecule has 0 aromatic carbocycles. The fraction of sp³-hybridized carbons (Fsp3) is 0.600. The number of methoxy groups -OCH3 is 1. The molecule has 0 fully saturated rings. The van der Waals surface area contributed by atoms with Gasteiger partial charge in [-0.05, 0) is 24.9 Å². The molecule has 74 valence electrons. The molecule has 1 aromatic rings. The number of hydrogen-bond acceptors (Lipinski definition) is 3. The predicted octanol–water partition coefficient (Wildman–Crippen LogP) is 2.38. The summed E-state index contributed by atoms with van der Waals surface area (Å²) in [7, 11) is 1.71. The maximum absolute atomic E-state index is 5.52. The Morgan fingerprint density at radius 3 is 2.69 bits per heavy atom. The van der Waals surface area contributed by atoms with Crippen molar-refractivity contribution in [2.45, 2.75) is 26.2 Å². The van der Waals surface area contributed by atoms with Crippen molar-refractivity contribution in [1.82, 2.24) is 0 Å². The topological polar surface area (TPSA) is 35.2 Å². The lowest BCUT2D eigenvalue weighted by molar-refractivity contribution is 0.412.